The van der Waals surface area contributed by atoms with E-state index in [-0.39, 0.29) is 10.6 Å². The number of hydrogen-bond donors (Lipinski definition) is 1. The molecule has 0 aliphatic carbocycles. The standard InChI is InChI=1S/C9H8ClFO3/c1-14-8(9(12)13)6-4-5(10)2-3-7(6)11/h2-4,8H,1H3,(H,12,13). The average Bonchev–Trinajstić information content (AvgIpc) is 2.11. The number of methoxy groups -OCH3 is 1. The van der Waals surface area contributed by atoms with Gasteiger partial charge >= 0.3 is 5.97 Å². The van der Waals surface area contributed by atoms with Crippen LogP contribution < -0.4 is 0 Å². The average molecular weight is 219 g/mol. The van der Waals surface area contributed by atoms with Gasteiger partial charge in [-0.25, -0.2) is 9.18 Å². The molecule has 3 nitrogen and oxygen atoms in total. The number of benzene rings is 1. The minimum absolute atomic E-state index is 0.0764. The van der Waals surface area contributed by atoms with E-state index in [1.807, 2.05) is 0 Å². The fraction of sp³-hybridized carbons (Fsp3) is 0.222. The van der Waals surface area contributed by atoms with E-state index in [0.717, 1.165) is 6.07 Å². The summed E-state index contributed by atoms with van der Waals surface area (Å²) in [5.74, 6) is -1.91. The van der Waals surface area contributed by atoms with Gasteiger partial charge in [0.25, 0.3) is 0 Å². The van der Waals surface area contributed by atoms with Gasteiger partial charge in [-0.3, -0.25) is 0 Å². The van der Waals surface area contributed by atoms with Crippen LogP contribution in [-0.4, -0.2) is 18.2 Å². The van der Waals surface area contributed by atoms with Crippen LogP contribution in [-0.2, 0) is 9.53 Å². The highest BCUT2D eigenvalue weighted by molar-refractivity contribution is 6.30. The smallest absolute Gasteiger partial charge is 0.337 e. The first-order chi connectivity index (χ1) is 6.56. The predicted octanol–water partition coefficient (Wildman–Crippen LogP) is 2.25. The molecule has 1 atom stereocenters. The summed E-state index contributed by atoms with van der Waals surface area (Å²) in [5.41, 5.74) is -0.0764. The summed E-state index contributed by atoms with van der Waals surface area (Å²) >= 11 is 5.61. The van der Waals surface area contributed by atoms with Crippen LogP contribution >= 0.6 is 11.6 Å². The van der Waals surface area contributed by atoms with E-state index >= 15 is 0 Å². The number of carboxylic acids is 1. The van der Waals surface area contributed by atoms with Gasteiger partial charge < -0.3 is 9.84 Å². The molecule has 0 fully saturated rings. The summed E-state index contributed by atoms with van der Waals surface area (Å²) in [7, 11) is 1.19. The lowest BCUT2D eigenvalue weighted by Crippen LogP contribution is -2.14. The quantitative estimate of drug-likeness (QED) is 0.847. The number of aliphatic carboxylic acids is 1. The summed E-state index contributed by atoms with van der Waals surface area (Å²) in [6.45, 7) is 0. The zero-order chi connectivity index (χ0) is 10.7. The number of halogens is 2. The van der Waals surface area contributed by atoms with Crippen molar-refractivity contribution in [2.24, 2.45) is 0 Å². The Labute approximate surface area is 85.1 Å². The number of hydrogen-bond acceptors (Lipinski definition) is 2. The van der Waals surface area contributed by atoms with Gasteiger partial charge in [-0.15, -0.1) is 0 Å². The SMILES string of the molecule is COC(C(=O)O)c1cc(Cl)ccc1F. The van der Waals surface area contributed by atoms with Crippen molar-refractivity contribution < 1.29 is 19.0 Å². The second-order valence-electron chi connectivity index (χ2n) is 2.62. The Morgan fingerprint density at radius 1 is 1.64 bits per heavy atom. The molecule has 0 aliphatic heterocycles. The summed E-state index contributed by atoms with van der Waals surface area (Å²) in [6.07, 6.45) is -1.33. The maximum absolute atomic E-state index is 13.2. The van der Waals surface area contributed by atoms with E-state index < -0.39 is 17.9 Å². The molecule has 0 amide bonds. The molecule has 1 aromatic rings. The first-order valence-corrected chi connectivity index (χ1v) is 4.14. The Kier molecular flexibility index (Phi) is 3.43. The maximum atomic E-state index is 13.2. The van der Waals surface area contributed by atoms with Crippen molar-refractivity contribution in [2.75, 3.05) is 7.11 Å². The number of rotatable bonds is 3. The Morgan fingerprint density at radius 3 is 2.79 bits per heavy atom. The molecule has 1 N–H and O–H groups in total. The third-order valence-electron chi connectivity index (χ3n) is 1.70. The van der Waals surface area contributed by atoms with Crippen molar-refractivity contribution in [2.45, 2.75) is 6.10 Å². The molecule has 0 bridgehead atoms. The first kappa shape index (κ1) is 10.9. The van der Waals surface area contributed by atoms with Crippen molar-refractivity contribution >= 4 is 17.6 Å². The van der Waals surface area contributed by atoms with Crippen LogP contribution in [0.5, 0.6) is 0 Å². The van der Waals surface area contributed by atoms with Crippen molar-refractivity contribution in [1.29, 1.82) is 0 Å². The highest BCUT2D eigenvalue weighted by Crippen LogP contribution is 2.23. The summed E-state index contributed by atoms with van der Waals surface area (Å²) < 4.78 is 17.8. The molecule has 0 radical (unpaired) electrons. The van der Waals surface area contributed by atoms with Crippen LogP contribution in [0.1, 0.15) is 11.7 Å². The molecule has 76 valence electrons. The van der Waals surface area contributed by atoms with Crippen LogP contribution in [0.3, 0.4) is 0 Å². The van der Waals surface area contributed by atoms with E-state index in [4.69, 9.17) is 16.7 Å². The molecule has 0 aromatic heterocycles. The Hall–Kier alpha value is -1.13. The summed E-state index contributed by atoms with van der Waals surface area (Å²) in [5, 5.41) is 8.98. The van der Waals surface area contributed by atoms with Gasteiger partial charge in [0.2, 0.25) is 0 Å². The number of carbonyl (C=O) groups is 1. The highest BCUT2D eigenvalue weighted by atomic mass is 35.5. The van der Waals surface area contributed by atoms with E-state index in [0.29, 0.717) is 0 Å². The molecule has 14 heavy (non-hydrogen) atoms. The van der Waals surface area contributed by atoms with Gasteiger partial charge in [-0.05, 0) is 18.2 Å². The molecule has 0 aliphatic rings. The van der Waals surface area contributed by atoms with Crippen LogP contribution in [0, 0.1) is 5.82 Å². The maximum Gasteiger partial charge on any atom is 0.337 e. The van der Waals surface area contributed by atoms with Crippen LogP contribution in [0.4, 0.5) is 4.39 Å². The van der Waals surface area contributed by atoms with Crippen molar-refractivity contribution in [3.05, 3.63) is 34.6 Å². The molecule has 1 rings (SSSR count). The monoisotopic (exact) mass is 218 g/mol. The Morgan fingerprint density at radius 2 is 2.29 bits per heavy atom. The van der Waals surface area contributed by atoms with E-state index in [1.165, 1.54) is 19.2 Å². The van der Waals surface area contributed by atoms with Gasteiger partial charge in [0.05, 0.1) is 0 Å². The lowest BCUT2D eigenvalue weighted by Gasteiger charge is -2.11. The molecule has 5 heteroatoms. The summed E-state index contributed by atoms with van der Waals surface area (Å²) in [4.78, 5) is 10.7. The van der Waals surface area contributed by atoms with Gasteiger partial charge in [-0.2, -0.15) is 0 Å². The van der Waals surface area contributed by atoms with Gasteiger partial charge in [-0.1, -0.05) is 11.6 Å². The zero-order valence-electron chi connectivity index (χ0n) is 7.33. The molecule has 1 aromatic carbocycles. The molecule has 0 saturated carbocycles. The Balaban J connectivity index is 3.15. The fourth-order valence-corrected chi connectivity index (χ4v) is 1.26. The van der Waals surface area contributed by atoms with Crippen molar-refractivity contribution in [1.82, 2.24) is 0 Å². The van der Waals surface area contributed by atoms with E-state index in [1.54, 1.807) is 0 Å². The summed E-state index contributed by atoms with van der Waals surface area (Å²) in [6, 6.07) is 3.68. The van der Waals surface area contributed by atoms with Crippen LogP contribution in [0.2, 0.25) is 5.02 Å². The lowest BCUT2D eigenvalue weighted by atomic mass is 10.1. The van der Waals surface area contributed by atoms with Gasteiger partial charge in [0.15, 0.2) is 6.10 Å². The molecule has 0 saturated heterocycles. The molecule has 0 spiro atoms. The minimum Gasteiger partial charge on any atom is -0.479 e. The molecule has 0 heterocycles. The third kappa shape index (κ3) is 2.21. The largest absolute Gasteiger partial charge is 0.479 e. The molecular formula is C9H8ClFO3. The molecular weight excluding hydrogens is 211 g/mol. The Bertz CT molecular complexity index is 354. The second kappa shape index (κ2) is 4.39. The molecule has 1 unspecified atom stereocenters. The predicted molar refractivity (Wildman–Crippen MR) is 48.8 cm³/mol. The van der Waals surface area contributed by atoms with Gasteiger partial charge in [0, 0.05) is 17.7 Å². The van der Waals surface area contributed by atoms with Gasteiger partial charge in [0.1, 0.15) is 5.82 Å². The minimum atomic E-state index is -1.33. The zero-order valence-corrected chi connectivity index (χ0v) is 8.08. The number of carboxylic acid groups (broad SMARTS) is 1. The second-order valence-corrected chi connectivity index (χ2v) is 3.06. The lowest BCUT2D eigenvalue weighted by molar-refractivity contribution is -0.149. The third-order valence-corrected chi connectivity index (χ3v) is 1.94. The topological polar surface area (TPSA) is 46.5 Å². The fourth-order valence-electron chi connectivity index (χ4n) is 1.08. The van der Waals surface area contributed by atoms with E-state index in [9.17, 15) is 9.18 Å². The highest BCUT2D eigenvalue weighted by Gasteiger charge is 2.22. The number of ether oxygens (including phenoxy) is 1. The van der Waals surface area contributed by atoms with E-state index in [2.05, 4.69) is 4.74 Å². The van der Waals surface area contributed by atoms with Crippen LogP contribution in [0.15, 0.2) is 18.2 Å². The van der Waals surface area contributed by atoms with Crippen LogP contribution in [0.25, 0.3) is 0 Å². The normalized spacial score (nSPS) is 12.5. The first-order valence-electron chi connectivity index (χ1n) is 3.77. The van der Waals surface area contributed by atoms with Crippen molar-refractivity contribution in [3.63, 3.8) is 0 Å². The van der Waals surface area contributed by atoms with Crippen molar-refractivity contribution in [3.8, 4) is 0 Å².